The summed E-state index contributed by atoms with van der Waals surface area (Å²) in [5.74, 6) is 0. The van der Waals surface area contributed by atoms with Crippen LogP contribution in [0.4, 0.5) is 0 Å². The SMILES string of the molecule is CCCNC(CN(C)C)c1ccc(C)cc1C. The molecule has 0 fully saturated rings. The van der Waals surface area contributed by atoms with Crippen molar-refractivity contribution >= 4 is 0 Å². The standard InChI is InChI=1S/C15H26N2/c1-6-9-16-15(11-17(4)5)14-8-7-12(2)10-13(14)3/h7-8,10,15-16H,6,9,11H2,1-5H3. The van der Waals surface area contributed by atoms with E-state index in [1.165, 1.54) is 23.1 Å². The Morgan fingerprint density at radius 1 is 1.24 bits per heavy atom. The van der Waals surface area contributed by atoms with E-state index in [0.717, 1.165) is 13.1 Å². The lowest BCUT2D eigenvalue weighted by Gasteiger charge is -2.24. The van der Waals surface area contributed by atoms with Crippen molar-refractivity contribution in [3.63, 3.8) is 0 Å². The quantitative estimate of drug-likeness (QED) is 0.814. The molecule has 1 atom stereocenters. The first-order chi connectivity index (χ1) is 8.04. The largest absolute Gasteiger partial charge is 0.309 e. The van der Waals surface area contributed by atoms with Crippen molar-refractivity contribution in [2.45, 2.75) is 33.2 Å². The molecule has 0 bridgehead atoms. The Morgan fingerprint density at radius 2 is 1.94 bits per heavy atom. The average Bonchev–Trinajstić information content (AvgIpc) is 2.24. The smallest absolute Gasteiger partial charge is 0.0451 e. The van der Waals surface area contributed by atoms with Gasteiger partial charge in [0.1, 0.15) is 0 Å². The molecule has 1 aromatic rings. The van der Waals surface area contributed by atoms with E-state index < -0.39 is 0 Å². The molecular formula is C15H26N2. The number of rotatable bonds is 6. The second kappa shape index (κ2) is 6.77. The van der Waals surface area contributed by atoms with Crippen LogP contribution in [0.2, 0.25) is 0 Å². The number of hydrogen-bond acceptors (Lipinski definition) is 2. The van der Waals surface area contributed by atoms with Gasteiger partial charge in [-0.05, 0) is 52.0 Å². The van der Waals surface area contributed by atoms with Crippen LogP contribution < -0.4 is 5.32 Å². The Morgan fingerprint density at radius 3 is 2.47 bits per heavy atom. The molecule has 1 rings (SSSR count). The Labute approximate surface area is 106 Å². The van der Waals surface area contributed by atoms with Gasteiger partial charge >= 0.3 is 0 Å². The minimum absolute atomic E-state index is 0.436. The van der Waals surface area contributed by atoms with Crippen molar-refractivity contribution in [2.75, 3.05) is 27.2 Å². The number of benzene rings is 1. The molecule has 0 radical (unpaired) electrons. The molecule has 1 N–H and O–H groups in total. The zero-order valence-corrected chi connectivity index (χ0v) is 11.9. The van der Waals surface area contributed by atoms with Crippen LogP contribution in [0.25, 0.3) is 0 Å². The maximum Gasteiger partial charge on any atom is 0.0451 e. The van der Waals surface area contributed by atoms with Crippen molar-refractivity contribution < 1.29 is 0 Å². The van der Waals surface area contributed by atoms with Crippen LogP contribution in [0.15, 0.2) is 18.2 Å². The fourth-order valence-electron chi connectivity index (χ4n) is 2.17. The molecular weight excluding hydrogens is 208 g/mol. The fraction of sp³-hybridized carbons (Fsp3) is 0.600. The predicted octanol–water partition coefficient (Wildman–Crippen LogP) is 2.91. The third-order valence-electron chi connectivity index (χ3n) is 2.99. The van der Waals surface area contributed by atoms with E-state index in [2.05, 4.69) is 63.3 Å². The summed E-state index contributed by atoms with van der Waals surface area (Å²) in [5.41, 5.74) is 4.16. The molecule has 0 saturated heterocycles. The molecule has 0 aromatic heterocycles. The third-order valence-corrected chi connectivity index (χ3v) is 2.99. The Kier molecular flexibility index (Phi) is 5.66. The van der Waals surface area contributed by atoms with Crippen LogP contribution in [0.5, 0.6) is 0 Å². The van der Waals surface area contributed by atoms with Gasteiger partial charge in [0, 0.05) is 12.6 Å². The van der Waals surface area contributed by atoms with Gasteiger partial charge in [0.15, 0.2) is 0 Å². The maximum atomic E-state index is 3.64. The van der Waals surface area contributed by atoms with Crippen molar-refractivity contribution in [1.29, 1.82) is 0 Å². The first-order valence-corrected chi connectivity index (χ1v) is 6.49. The van der Waals surface area contributed by atoms with Crippen LogP contribution >= 0.6 is 0 Å². The number of aryl methyl sites for hydroxylation is 2. The molecule has 0 aliphatic carbocycles. The third kappa shape index (κ3) is 4.49. The molecule has 0 spiro atoms. The molecule has 0 amide bonds. The van der Waals surface area contributed by atoms with Crippen LogP contribution in [-0.4, -0.2) is 32.1 Å². The molecule has 2 heteroatoms. The summed E-state index contributed by atoms with van der Waals surface area (Å²) < 4.78 is 0. The summed E-state index contributed by atoms with van der Waals surface area (Å²) in [6.07, 6.45) is 1.18. The number of likely N-dealkylation sites (N-methyl/N-ethyl adjacent to an activating group) is 1. The number of hydrogen-bond donors (Lipinski definition) is 1. The van der Waals surface area contributed by atoms with Gasteiger partial charge in [-0.2, -0.15) is 0 Å². The van der Waals surface area contributed by atoms with Gasteiger partial charge in [-0.25, -0.2) is 0 Å². The van der Waals surface area contributed by atoms with Gasteiger partial charge < -0.3 is 10.2 Å². The highest BCUT2D eigenvalue weighted by atomic mass is 15.1. The Hall–Kier alpha value is -0.860. The molecule has 1 unspecified atom stereocenters. The molecule has 1 aromatic carbocycles. The predicted molar refractivity (Wildman–Crippen MR) is 75.5 cm³/mol. The van der Waals surface area contributed by atoms with E-state index in [4.69, 9.17) is 0 Å². The van der Waals surface area contributed by atoms with Crippen molar-refractivity contribution in [2.24, 2.45) is 0 Å². The molecule has 0 aliphatic heterocycles. The van der Waals surface area contributed by atoms with E-state index >= 15 is 0 Å². The highest BCUT2D eigenvalue weighted by molar-refractivity contribution is 5.33. The first-order valence-electron chi connectivity index (χ1n) is 6.49. The first kappa shape index (κ1) is 14.2. The van der Waals surface area contributed by atoms with Crippen molar-refractivity contribution in [3.05, 3.63) is 34.9 Å². The van der Waals surface area contributed by atoms with Gasteiger partial charge in [-0.1, -0.05) is 30.7 Å². The monoisotopic (exact) mass is 234 g/mol. The van der Waals surface area contributed by atoms with E-state index in [1.807, 2.05) is 0 Å². The number of nitrogens with one attached hydrogen (secondary N) is 1. The Bertz CT molecular complexity index is 345. The van der Waals surface area contributed by atoms with Crippen LogP contribution in [0.3, 0.4) is 0 Å². The Balaban J connectivity index is 2.86. The number of nitrogens with zero attached hydrogens (tertiary/aromatic N) is 1. The highest BCUT2D eigenvalue weighted by Gasteiger charge is 2.13. The van der Waals surface area contributed by atoms with Gasteiger partial charge in [0.05, 0.1) is 0 Å². The molecule has 0 saturated carbocycles. The molecule has 2 nitrogen and oxygen atoms in total. The van der Waals surface area contributed by atoms with Crippen LogP contribution in [0.1, 0.15) is 36.1 Å². The fourth-order valence-corrected chi connectivity index (χ4v) is 2.17. The minimum atomic E-state index is 0.436. The molecule has 0 aliphatic rings. The van der Waals surface area contributed by atoms with E-state index in [9.17, 15) is 0 Å². The summed E-state index contributed by atoms with van der Waals surface area (Å²) in [5, 5.41) is 3.64. The van der Waals surface area contributed by atoms with E-state index in [-0.39, 0.29) is 0 Å². The molecule has 17 heavy (non-hydrogen) atoms. The zero-order chi connectivity index (χ0) is 12.8. The molecule has 96 valence electrons. The maximum absolute atomic E-state index is 3.64. The second-order valence-corrected chi connectivity index (χ2v) is 5.13. The summed E-state index contributed by atoms with van der Waals surface area (Å²) in [6, 6.07) is 7.18. The zero-order valence-electron chi connectivity index (χ0n) is 11.9. The van der Waals surface area contributed by atoms with Crippen LogP contribution in [-0.2, 0) is 0 Å². The lowest BCUT2D eigenvalue weighted by molar-refractivity contribution is 0.341. The highest BCUT2D eigenvalue weighted by Crippen LogP contribution is 2.19. The van der Waals surface area contributed by atoms with Gasteiger partial charge in [0.25, 0.3) is 0 Å². The molecule has 0 heterocycles. The summed E-state index contributed by atoms with van der Waals surface area (Å²) in [6.45, 7) is 8.69. The van der Waals surface area contributed by atoms with E-state index in [0.29, 0.717) is 6.04 Å². The van der Waals surface area contributed by atoms with E-state index in [1.54, 1.807) is 0 Å². The lowest BCUT2D eigenvalue weighted by Crippen LogP contribution is -2.32. The topological polar surface area (TPSA) is 15.3 Å². The summed E-state index contributed by atoms with van der Waals surface area (Å²) in [4.78, 5) is 2.24. The van der Waals surface area contributed by atoms with Crippen molar-refractivity contribution in [1.82, 2.24) is 10.2 Å². The normalized spacial score (nSPS) is 13.1. The minimum Gasteiger partial charge on any atom is -0.309 e. The van der Waals surface area contributed by atoms with Gasteiger partial charge in [-0.3, -0.25) is 0 Å². The van der Waals surface area contributed by atoms with Gasteiger partial charge in [-0.15, -0.1) is 0 Å². The summed E-state index contributed by atoms with van der Waals surface area (Å²) >= 11 is 0. The van der Waals surface area contributed by atoms with Crippen molar-refractivity contribution in [3.8, 4) is 0 Å². The second-order valence-electron chi connectivity index (χ2n) is 5.13. The van der Waals surface area contributed by atoms with Crippen LogP contribution in [0, 0.1) is 13.8 Å². The van der Waals surface area contributed by atoms with Gasteiger partial charge in [0.2, 0.25) is 0 Å². The average molecular weight is 234 g/mol. The lowest BCUT2D eigenvalue weighted by atomic mass is 9.99. The summed E-state index contributed by atoms with van der Waals surface area (Å²) in [7, 11) is 4.26.